The second kappa shape index (κ2) is 6.79. The minimum absolute atomic E-state index is 0.0188. The first-order chi connectivity index (χ1) is 13.2. The molecule has 5 heteroatoms. The fourth-order valence-corrected chi connectivity index (χ4v) is 5.11. The Bertz CT molecular complexity index is 842. The van der Waals surface area contributed by atoms with E-state index >= 15 is 0 Å². The zero-order valence-electron chi connectivity index (χ0n) is 16.0. The minimum Gasteiger partial charge on any atom is -0.348 e. The van der Waals surface area contributed by atoms with Crippen LogP contribution in [0.15, 0.2) is 24.3 Å². The zero-order valence-corrected chi connectivity index (χ0v) is 16.0. The van der Waals surface area contributed by atoms with E-state index in [9.17, 15) is 4.79 Å². The van der Waals surface area contributed by atoms with Crippen LogP contribution in [0.5, 0.6) is 0 Å². The first-order valence-corrected chi connectivity index (χ1v) is 10.4. The first-order valence-electron chi connectivity index (χ1n) is 10.4. The van der Waals surface area contributed by atoms with Crippen molar-refractivity contribution in [2.24, 2.45) is 0 Å². The molecule has 3 heterocycles. The molecular formula is C22H28N4O. The highest BCUT2D eigenvalue weighted by Gasteiger charge is 2.35. The Balaban J connectivity index is 1.43. The van der Waals surface area contributed by atoms with Crippen LogP contribution in [0.1, 0.15) is 65.8 Å². The van der Waals surface area contributed by atoms with Crippen molar-refractivity contribution < 1.29 is 4.79 Å². The fraction of sp³-hybridized carbons (Fsp3) is 0.545. The van der Waals surface area contributed by atoms with Gasteiger partial charge in [-0.1, -0.05) is 17.7 Å². The number of hydrogen-bond donors (Lipinski definition) is 2. The molecule has 2 aromatic rings. The number of nitrogens with zero attached hydrogens (tertiary/aromatic N) is 2. The summed E-state index contributed by atoms with van der Waals surface area (Å²) in [6, 6.07) is 9.85. The molecule has 2 N–H and O–H groups in total. The summed E-state index contributed by atoms with van der Waals surface area (Å²) < 4.78 is 2.01. The molecule has 0 saturated carbocycles. The third-order valence-corrected chi connectivity index (χ3v) is 6.48. The lowest BCUT2D eigenvalue weighted by atomic mass is 9.94. The van der Waals surface area contributed by atoms with Gasteiger partial charge in [0, 0.05) is 29.4 Å². The number of aryl methyl sites for hydroxylation is 1. The van der Waals surface area contributed by atoms with Gasteiger partial charge in [0.15, 0.2) is 5.69 Å². The van der Waals surface area contributed by atoms with Gasteiger partial charge in [-0.05, 0) is 70.4 Å². The van der Waals surface area contributed by atoms with Crippen molar-refractivity contribution in [1.29, 1.82) is 0 Å². The van der Waals surface area contributed by atoms with Crippen molar-refractivity contribution in [2.75, 3.05) is 0 Å². The highest BCUT2D eigenvalue weighted by atomic mass is 16.2. The topological polar surface area (TPSA) is 59.0 Å². The molecule has 3 aliphatic rings. The van der Waals surface area contributed by atoms with Crippen molar-refractivity contribution in [3.63, 3.8) is 0 Å². The number of benzene rings is 1. The molecule has 1 aromatic heterocycles. The summed E-state index contributed by atoms with van der Waals surface area (Å²) in [5.74, 6) is 0.0188. The Morgan fingerprint density at radius 3 is 2.56 bits per heavy atom. The van der Waals surface area contributed by atoms with Gasteiger partial charge in [0.05, 0.1) is 5.69 Å². The van der Waals surface area contributed by atoms with Gasteiger partial charge in [-0.3, -0.25) is 4.79 Å². The van der Waals surface area contributed by atoms with E-state index in [1.165, 1.54) is 30.5 Å². The number of carbonyl (C=O) groups is 1. The maximum atomic E-state index is 13.1. The standard InChI is InChI=1S/C22H28N4O/c1-14-6-10-18(11-7-14)26-20-5-3-2-4-19(20)21(25-26)22(27)24-17-12-15-8-9-16(13-17)23-15/h6-7,10-11,15-17,23H,2-5,8-9,12-13H2,1H3,(H,24,27). The molecule has 2 aliphatic heterocycles. The minimum atomic E-state index is 0.0188. The molecule has 5 nitrogen and oxygen atoms in total. The second-order valence-corrected chi connectivity index (χ2v) is 8.51. The van der Waals surface area contributed by atoms with Crippen LogP contribution < -0.4 is 10.6 Å². The molecule has 1 amide bonds. The van der Waals surface area contributed by atoms with Crippen LogP contribution in [0.4, 0.5) is 0 Å². The molecule has 2 saturated heterocycles. The van der Waals surface area contributed by atoms with E-state index in [4.69, 9.17) is 5.10 Å². The van der Waals surface area contributed by atoms with E-state index in [0.717, 1.165) is 43.4 Å². The van der Waals surface area contributed by atoms with E-state index in [1.807, 2.05) is 4.68 Å². The van der Waals surface area contributed by atoms with Crippen molar-refractivity contribution in [3.05, 3.63) is 46.8 Å². The normalized spacial score (nSPS) is 26.6. The van der Waals surface area contributed by atoms with Crippen molar-refractivity contribution in [2.45, 2.75) is 76.4 Å². The van der Waals surface area contributed by atoms with Gasteiger partial charge in [-0.25, -0.2) is 4.68 Å². The first kappa shape index (κ1) is 17.0. The van der Waals surface area contributed by atoms with Gasteiger partial charge in [-0.2, -0.15) is 5.10 Å². The molecule has 2 bridgehead atoms. The van der Waals surface area contributed by atoms with E-state index in [0.29, 0.717) is 17.8 Å². The third kappa shape index (κ3) is 3.18. The summed E-state index contributed by atoms with van der Waals surface area (Å²) in [7, 11) is 0. The number of amides is 1. The van der Waals surface area contributed by atoms with Crippen LogP contribution in [0.25, 0.3) is 5.69 Å². The number of aromatic nitrogens is 2. The Morgan fingerprint density at radius 2 is 1.81 bits per heavy atom. The number of hydrogen-bond acceptors (Lipinski definition) is 3. The molecule has 27 heavy (non-hydrogen) atoms. The fourth-order valence-electron chi connectivity index (χ4n) is 5.11. The average molecular weight is 364 g/mol. The van der Waals surface area contributed by atoms with Crippen LogP contribution in [0.3, 0.4) is 0 Å². The van der Waals surface area contributed by atoms with Gasteiger partial charge >= 0.3 is 0 Å². The lowest BCUT2D eigenvalue weighted by Crippen LogP contribution is -2.48. The van der Waals surface area contributed by atoms with Crippen LogP contribution in [-0.4, -0.2) is 33.8 Å². The average Bonchev–Trinajstić information content (AvgIpc) is 3.23. The monoisotopic (exact) mass is 364 g/mol. The quantitative estimate of drug-likeness (QED) is 0.880. The van der Waals surface area contributed by atoms with Crippen LogP contribution >= 0.6 is 0 Å². The highest BCUT2D eigenvalue weighted by Crippen LogP contribution is 2.29. The Morgan fingerprint density at radius 1 is 1.11 bits per heavy atom. The van der Waals surface area contributed by atoms with E-state index < -0.39 is 0 Å². The molecule has 2 atom stereocenters. The number of carbonyl (C=O) groups excluding carboxylic acids is 1. The van der Waals surface area contributed by atoms with Crippen LogP contribution in [-0.2, 0) is 12.8 Å². The molecule has 5 rings (SSSR count). The Labute approximate surface area is 160 Å². The maximum Gasteiger partial charge on any atom is 0.272 e. The van der Waals surface area contributed by atoms with E-state index in [2.05, 4.69) is 41.8 Å². The lowest BCUT2D eigenvalue weighted by Gasteiger charge is -2.29. The summed E-state index contributed by atoms with van der Waals surface area (Å²) in [6.07, 6.45) is 8.85. The van der Waals surface area contributed by atoms with Crippen LogP contribution in [0, 0.1) is 6.92 Å². The van der Waals surface area contributed by atoms with Crippen molar-refractivity contribution in [3.8, 4) is 5.69 Å². The summed E-state index contributed by atoms with van der Waals surface area (Å²) in [5, 5.41) is 11.7. The van der Waals surface area contributed by atoms with E-state index in [1.54, 1.807) is 0 Å². The van der Waals surface area contributed by atoms with Gasteiger partial charge in [0.2, 0.25) is 0 Å². The summed E-state index contributed by atoms with van der Waals surface area (Å²) >= 11 is 0. The summed E-state index contributed by atoms with van der Waals surface area (Å²) in [4.78, 5) is 13.1. The summed E-state index contributed by atoms with van der Waals surface area (Å²) in [6.45, 7) is 2.09. The number of nitrogens with one attached hydrogen (secondary N) is 2. The molecule has 0 radical (unpaired) electrons. The van der Waals surface area contributed by atoms with Gasteiger partial charge in [0.1, 0.15) is 0 Å². The third-order valence-electron chi connectivity index (χ3n) is 6.48. The van der Waals surface area contributed by atoms with Crippen molar-refractivity contribution >= 4 is 5.91 Å². The number of rotatable bonds is 3. The molecule has 1 aromatic carbocycles. The van der Waals surface area contributed by atoms with Gasteiger partial charge < -0.3 is 10.6 Å². The molecular weight excluding hydrogens is 336 g/mol. The van der Waals surface area contributed by atoms with Crippen molar-refractivity contribution in [1.82, 2.24) is 20.4 Å². The van der Waals surface area contributed by atoms with Gasteiger partial charge in [0.25, 0.3) is 5.91 Å². The summed E-state index contributed by atoms with van der Waals surface area (Å²) in [5.41, 5.74) is 5.32. The smallest absolute Gasteiger partial charge is 0.272 e. The largest absolute Gasteiger partial charge is 0.348 e. The lowest BCUT2D eigenvalue weighted by molar-refractivity contribution is 0.0917. The number of piperidine rings is 1. The predicted molar refractivity (Wildman–Crippen MR) is 105 cm³/mol. The highest BCUT2D eigenvalue weighted by molar-refractivity contribution is 5.94. The molecule has 142 valence electrons. The SMILES string of the molecule is Cc1ccc(-n2nc(C(=O)NC3CC4CCC(C3)N4)c3c2CCCC3)cc1. The molecule has 1 aliphatic carbocycles. The Kier molecular flexibility index (Phi) is 4.27. The zero-order chi connectivity index (χ0) is 18.4. The molecule has 2 fully saturated rings. The predicted octanol–water partition coefficient (Wildman–Crippen LogP) is 3.07. The number of fused-ring (bicyclic) bond motifs is 3. The molecule has 2 unspecified atom stereocenters. The van der Waals surface area contributed by atoms with E-state index in [-0.39, 0.29) is 11.9 Å². The Hall–Kier alpha value is -2.14. The van der Waals surface area contributed by atoms with Crippen LogP contribution in [0.2, 0.25) is 0 Å². The molecule has 0 spiro atoms. The van der Waals surface area contributed by atoms with Gasteiger partial charge in [-0.15, -0.1) is 0 Å². The maximum absolute atomic E-state index is 13.1. The second-order valence-electron chi connectivity index (χ2n) is 8.51.